The second kappa shape index (κ2) is 16.1. The van der Waals surface area contributed by atoms with E-state index in [4.69, 9.17) is 4.74 Å². The van der Waals surface area contributed by atoms with Crippen molar-refractivity contribution in [2.45, 2.75) is 39.2 Å². The maximum absolute atomic E-state index is 10.3. The smallest absolute Gasteiger partial charge is 0.119 e. The Morgan fingerprint density at radius 1 is 0.842 bits per heavy atom. The first-order valence-corrected chi connectivity index (χ1v) is 13.9. The molecule has 0 amide bonds. The van der Waals surface area contributed by atoms with Crippen LogP contribution in [0, 0.1) is 0 Å². The van der Waals surface area contributed by atoms with Crippen LogP contribution in [0.25, 0.3) is 11.1 Å². The summed E-state index contributed by atoms with van der Waals surface area (Å²) in [5.74, 6) is 0.860. The largest absolute Gasteiger partial charge is 0.492 e. The highest BCUT2D eigenvalue weighted by Crippen LogP contribution is 2.36. The Hall–Kier alpha value is -2.96. The third-order valence-corrected chi connectivity index (χ3v) is 6.93. The monoisotopic (exact) mass is 516 g/mol. The van der Waals surface area contributed by atoms with Crippen molar-refractivity contribution in [3.63, 3.8) is 0 Å². The molecule has 3 rings (SSSR count). The Bertz CT molecular complexity index is 1100. The van der Waals surface area contributed by atoms with Crippen LogP contribution in [-0.2, 0) is 0 Å². The molecule has 0 fully saturated rings. The third-order valence-electron chi connectivity index (χ3n) is 6.93. The van der Waals surface area contributed by atoms with Gasteiger partial charge in [-0.25, -0.2) is 0 Å². The number of nitrogens with one attached hydrogen (secondary N) is 1. The molecule has 5 heteroatoms. The normalized spacial score (nSPS) is 12.9. The quantitative estimate of drug-likeness (QED) is 0.166. The van der Waals surface area contributed by atoms with Gasteiger partial charge in [-0.3, -0.25) is 4.90 Å². The summed E-state index contributed by atoms with van der Waals surface area (Å²) in [5, 5.41) is 23.0. The Morgan fingerprint density at radius 3 is 2.05 bits per heavy atom. The zero-order valence-corrected chi connectivity index (χ0v) is 23.2. The van der Waals surface area contributed by atoms with E-state index in [-0.39, 0.29) is 19.3 Å². The number of likely N-dealkylation sites (N-methyl/N-ethyl adjacent to an activating group) is 1. The van der Waals surface area contributed by atoms with Crippen LogP contribution >= 0.6 is 0 Å². The van der Waals surface area contributed by atoms with Gasteiger partial charge in [0.15, 0.2) is 0 Å². The molecule has 5 nitrogen and oxygen atoms in total. The number of aliphatic hydroxyl groups is 2. The first-order chi connectivity index (χ1) is 18.7. The predicted molar refractivity (Wildman–Crippen MR) is 158 cm³/mol. The Morgan fingerprint density at radius 2 is 1.50 bits per heavy atom. The van der Waals surface area contributed by atoms with Gasteiger partial charge in [0.2, 0.25) is 0 Å². The van der Waals surface area contributed by atoms with Gasteiger partial charge in [0.1, 0.15) is 12.4 Å². The summed E-state index contributed by atoms with van der Waals surface area (Å²) in [6, 6.07) is 27.4. The number of nitrogens with zero attached hydrogens (tertiary/aromatic N) is 1. The van der Waals surface area contributed by atoms with E-state index < -0.39 is 0 Å². The molecule has 0 aliphatic rings. The lowest BCUT2D eigenvalue weighted by Gasteiger charge is -2.30. The van der Waals surface area contributed by atoms with Crippen LogP contribution in [0.5, 0.6) is 5.75 Å². The Labute approximate surface area is 228 Å². The summed E-state index contributed by atoms with van der Waals surface area (Å²) in [6.07, 6.45) is 3.00. The molecule has 0 radical (unpaired) electrons. The lowest BCUT2D eigenvalue weighted by Crippen LogP contribution is -2.34. The fourth-order valence-corrected chi connectivity index (χ4v) is 4.89. The van der Waals surface area contributed by atoms with Crippen molar-refractivity contribution in [3.05, 3.63) is 101 Å². The van der Waals surface area contributed by atoms with Crippen molar-refractivity contribution in [2.24, 2.45) is 0 Å². The van der Waals surface area contributed by atoms with Crippen LogP contribution in [0.4, 0.5) is 0 Å². The van der Waals surface area contributed by atoms with Gasteiger partial charge in [0.25, 0.3) is 0 Å². The summed E-state index contributed by atoms with van der Waals surface area (Å²) in [4.78, 5) is 2.18. The molecule has 0 saturated carbocycles. The standard InChI is InChI=1S/C33H44N2O3/c1-4-6-21-35(22-23-36)32(25-37)27-12-14-28(15-13-27)33(31(5-2)26-10-8-7-9-11-26)29-16-18-30(19-17-29)38-24-20-34-3/h7-19,32,34,36-37H,4-6,20-25H2,1-3H3. The predicted octanol–water partition coefficient (Wildman–Crippen LogP) is 5.78. The SMILES string of the molecule is CCCCN(CCO)C(CO)c1ccc(C(=C(CC)c2ccccc2)c2ccc(OCCNC)cc2)cc1. The average Bonchev–Trinajstić information content (AvgIpc) is 2.96. The van der Waals surface area contributed by atoms with Gasteiger partial charge in [-0.2, -0.15) is 0 Å². The number of hydrogen-bond donors (Lipinski definition) is 3. The summed E-state index contributed by atoms with van der Waals surface area (Å²) in [6.45, 7) is 7.29. The van der Waals surface area contributed by atoms with Crippen LogP contribution in [0.1, 0.15) is 61.4 Å². The molecule has 0 spiro atoms. The lowest BCUT2D eigenvalue weighted by molar-refractivity contribution is 0.100. The minimum Gasteiger partial charge on any atom is -0.492 e. The van der Waals surface area contributed by atoms with Crippen LogP contribution in [0.3, 0.4) is 0 Å². The molecule has 0 aromatic heterocycles. The molecule has 0 aliphatic heterocycles. The van der Waals surface area contributed by atoms with Crippen LogP contribution in [0.15, 0.2) is 78.9 Å². The molecule has 3 aromatic carbocycles. The highest BCUT2D eigenvalue weighted by molar-refractivity contribution is 5.98. The van der Waals surface area contributed by atoms with E-state index in [1.807, 2.05) is 25.2 Å². The van der Waals surface area contributed by atoms with Crippen molar-refractivity contribution < 1.29 is 14.9 Å². The summed E-state index contributed by atoms with van der Waals surface area (Å²) in [7, 11) is 1.92. The fourth-order valence-electron chi connectivity index (χ4n) is 4.89. The van der Waals surface area contributed by atoms with Crippen molar-refractivity contribution in [3.8, 4) is 5.75 Å². The van der Waals surface area contributed by atoms with Gasteiger partial charge in [-0.15, -0.1) is 0 Å². The lowest BCUT2D eigenvalue weighted by atomic mass is 9.87. The minimum atomic E-state index is -0.135. The van der Waals surface area contributed by atoms with Gasteiger partial charge in [0.05, 0.1) is 19.3 Å². The summed E-state index contributed by atoms with van der Waals surface area (Å²) >= 11 is 0. The number of unbranched alkanes of at least 4 members (excludes halogenated alkanes) is 1. The first kappa shape index (κ1) is 29.6. The Balaban J connectivity index is 2.02. The molecule has 38 heavy (non-hydrogen) atoms. The van der Waals surface area contributed by atoms with Crippen molar-refractivity contribution in [2.75, 3.05) is 46.5 Å². The number of ether oxygens (including phenoxy) is 1. The number of hydrogen-bond acceptors (Lipinski definition) is 5. The van der Waals surface area contributed by atoms with E-state index in [0.29, 0.717) is 13.2 Å². The molecule has 0 bridgehead atoms. The van der Waals surface area contributed by atoms with E-state index in [2.05, 4.69) is 84.7 Å². The van der Waals surface area contributed by atoms with Gasteiger partial charge in [-0.1, -0.05) is 87.0 Å². The number of aliphatic hydroxyl groups excluding tert-OH is 2. The highest BCUT2D eigenvalue weighted by atomic mass is 16.5. The second-order valence-electron chi connectivity index (χ2n) is 9.48. The third kappa shape index (κ3) is 8.02. The molecule has 0 heterocycles. The molecular weight excluding hydrogens is 472 g/mol. The second-order valence-corrected chi connectivity index (χ2v) is 9.48. The van der Waals surface area contributed by atoms with Crippen molar-refractivity contribution in [1.82, 2.24) is 10.2 Å². The molecule has 3 N–H and O–H groups in total. The number of benzene rings is 3. The molecule has 0 aliphatic carbocycles. The topological polar surface area (TPSA) is 65.0 Å². The Kier molecular flexibility index (Phi) is 12.5. The van der Waals surface area contributed by atoms with Crippen LogP contribution in [-0.4, -0.2) is 61.6 Å². The van der Waals surface area contributed by atoms with Crippen molar-refractivity contribution >= 4 is 11.1 Å². The zero-order chi connectivity index (χ0) is 27.2. The molecule has 1 unspecified atom stereocenters. The molecule has 1 atom stereocenters. The van der Waals surface area contributed by atoms with Crippen molar-refractivity contribution in [1.29, 1.82) is 0 Å². The zero-order valence-electron chi connectivity index (χ0n) is 23.2. The highest BCUT2D eigenvalue weighted by Gasteiger charge is 2.20. The number of allylic oxidation sites excluding steroid dienone is 1. The van der Waals surface area contributed by atoms with E-state index in [9.17, 15) is 10.2 Å². The molecular formula is C33H44N2O3. The van der Waals surface area contributed by atoms with E-state index in [0.717, 1.165) is 54.8 Å². The van der Waals surface area contributed by atoms with E-state index in [1.54, 1.807) is 0 Å². The van der Waals surface area contributed by atoms with Crippen LogP contribution in [0.2, 0.25) is 0 Å². The van der Waals surface area contributed by atoms with E-state index >= 15 is 0 Å². The van der Waals surface area contributed by atoms with Gasteiger partial charge in [0, 0.05) is 13.1 Å². The summed E-state index contributed by atoms with van der Waals surface area (Å²) in [5.41, 5.74) is 7.04. The van der Waals surface area contributed by atoms with Gasteiger partial charge in [-0.05, 0) is 72.0 Å². The number of rotatable bonds is 16. The first-order valence-electron chi connectivity index (χ1n) is 13.9. The van der Waals surface area contributed by atoms with Gasteiger partial charge >= 0.3 is 0 Å². The van der Waals surface area contributed by atoms with E-state index in [1.165, 1.54) is 16.7 Å². The molecule has 0 saturated heterocycles. The minimum absolute atomic E-state index is 0.0188. The maximum atomic E-state index is 10.3. The summed E-state index contributed by atoms with van der Waals surface area (Å²) < 4.78 is 5.86. The fraction of sp³-hybridized carbons (Fsp3) is 0.394. The molecule has 204 valence electrons. The van der Waals surface area contributed by atoms with Crippen LogP contribution < -0.4 is 10.1 Å². The van der Waals surface area contributed by atoms with Gasteiger partial charge < -0.3 is 20.3 Å². The maximum Gasteiger partial charge on any atom is 0.119 e. The molecule has 3 aromatic rings. The average molecular weight is 517 g/mol.